The zero-order valence-corrected chi connectivity index (χ0v) is 12.4. The number of rotatable bonds is 6. The van der Waals surface area contributed by atoms with E-state index in [1.54, 1.807) is 0 Å². The number of nitrogens with zero attached hydrogens (tertiary/aromatic N) is 3. The maximum Gasteiger partial charge on any atom is 0.225 e. The van der Waals surface area contributed by atoms with Crippen molar-refractivity contribution in [3.63, 3.8) is 0 Å². The van der Waals surface area contributed by atoms with Crippen molar-refractivity contribution in [3.05, 3.63) is 18.0 Å². The minimum Gasteiger partial charge on any atom is -0.341 e. The summed E-state index contributed by atoms with van der Waals surface area (Å²) in [6, 6.07) is 0.474. The minimum absolute atomic E-state index is 0.474. The van der Waals surface area contributed by atoms with E-state index in [4.69, 9.17) is 0 Å². The third-order valence-corrected chi connectivity index (χ3v) is 3.85. The smallest absolute Gasteiger partial charge is 0.225 e. The molecule has 1 aromatic heterocycles. The quantitative estimate of drug-likeness (QED) is 0.756. The highest BCUT2D eigenvalue weighted by Crippen LogP contribution is 2.13. The molecule has 5 heteroatoms. The second-order valence-corrected chi connectivity index (χ2v) is 5.31. The summed E-state index contributed by atoms with van der Waals surface area (Å²) in [7, 11) is 2.05. The summed E-state index contributed by atoms with van der Waals surface area (Å²) in [5, 5.41) is 0.805. The lowest BCUT2D eigenvalue weighted by atomic mass is 10.2. The first kappa shape index (κ1) is 13.8. The molecule has 0 fully saturated rings. The number of halogens is 1. The van der Waals surface area contributed by atoms with Crippen molar-refractivity contribution in [1.82, 2.24) is 9.97 Å². The molecule has 0 saturated heterocycles. The van der Waals surface area contributed by atoms with Crippen LogP contribution in [0.1, 0.15) is 18.9 Å². The van der Waals surface area contributed by atoms with Crippen LogP contribution in [0, 0.1) is 0 Å². The molecule has 0 radical (unpaired) electrons. The van der Waals surface area contributed by atoms with Gasteiger partial charge in [0.05, 0.1) is 0 Å². The minimum atomic E-state index is 0.474. The molecule has 1 heterocycles. The molecular formula is C11H18BrN3S. The Bertz CT molecular complexity index is 305. The molecule has 1 atom stereocenters. The number of alkyl halides is 1. The molecule has 0 amide bonds. The SMILES string of the molecule is CSCCC(C)N(C)c1ncc(CBr)cn1. The largest absolute Gasteiger partial charge is 0.341 e. The third kappa shape index (κ3) is 3.94. The van der Waals surface area contributed by atoms with Crippen molar-refractivity contribution in [2.24, 2.45) is 0 Å². The molecule has 16 heavy (non-hydrogen) atoms. The van der Waals surface area contributed by atoms with Gasteiger partial charge in [-0.25, -0.2) is 9.97 Å². The van der Waals surface area contributed by atoms with E-state index in [0.717, 1.165) is 23.3 Å². The highest BCUT2D eigenvalue weighted by Gasteiger charge is 2.11. The van der Waals surface area contributed by atoms with E-state index in [2.05, 4.69) is 44.0 Å². The normalized spacial score (nSPS) is 12.5. The number of thioether (sulfide) groups is 1. The van der Waals surface area contributed by atoms with Gasteiger partial charge in [0, 0.05) is 30.8 Å². The maximum absolute atomic E-state index is 4.36. The second-order valence-electron chi connectivity index (χ2n) is 3.77. The van der Waals surface area contributed by atoms with Crippen molar-refractivity contribution < 1.29 is 0 Å². The van der Waals surface area contributed by atoms with E-state index in [0.29, 0.717) is 6.04 Å². The van der Waals surface area contributed by atoms with Crippen LogP contribution < -0.4 is 4.90 Å². The Balaban J connectivity index is 2.60. The molecule has 0 aliphatic carbocycles. The molecule has 1 aromatic rings. The first-order valence-electron chi connectivity index (χ1n) is 5.27. The van der Waals surface area contributed by atoms with E-state index < -0.39 is 0 Å². The highest BCUT2D eigenvalue weighted by molar-refractivity contribution is 9.08. The molecule has 0 aromatic carbocycles. The lowest BCUT2D eigenvalue weighted by molar-refractivity contribution is 0.653. The average Bonchev–Trinajstić information content (AvgIpc) is 2.35. The maximum atomic E-state index is 4.36. The van der Waals surface area contributed by atoms with Gasteiger partial charge in [0.1, 0.15) is 0 Å². The molecular weight excluding hydrogens is 286 g/mol. The van der Waals surface area contributed by atoms with Gasteiger partial charge in [-0.2, -0.15) is 11.8 Å². The van der Waals surface area contributed by atoms with E-state index in [1.807, 2.05) is 31.2 Å². The summed E-state index contributed by atoms with van der Waals surface area (Å²) >= 11 is 5.26. The van der Waals surface area contributed by atoms with Gasteiger partial charge in [0.25, 0.3) is 0 Å². The molecule has 1 rings (SSSR count). The molecule has 0 saturated carbocycles. The monoisotopic (exact) mass is 303 g/mol. The van der Waals surface area contributed by atoms with Gasteiger partial charge in [-0.1, -0.05) is 15.9 Å². The number of aromatic nitrogens is 2. The first-order valence-corrected chi connectivity index (χ1v) is 7.79. The van der Waals surface area contributed by atoms with Gasteiger partial charge in [-0.3, -0.25) is 0 Å². The predicted molar refractivity (Wildman–Crippen MR) is 75.5 cm³/mol. The Hall–Kier alpha value is -0.290. The molecule has 0 aliphatic heterocycles. The number of hydrogen-bond acceptors (Lipinski definition) is 4. The van der Waals surface area contributed by atoms with Crippen molar-refractivity contribution >= 4 is 33.6 Å². The topological polar surface area (TPSA) is 29.0 Å². The molecule has 0 N–H and O–H groups in total. The molecule has 0 aliphatic rings. The van der Waals surface area contributed by atoms with Crippen LogP contribution >= 0.6 is 27.7 Å². The Labute approximate surface area is 110 Å². The van der Waals surface area contributed by atoms with Gasteiger partial charge < -0.3 is 4.90 Å². The van der Waals surface area contributed by atoms with E-state index in [9.17, 15) is 0 Å². The molecule has 1 unspecified atom stereocenters. The van der Waals surface area contributed by atoms with E-state index in [1.165, 1.54) is 5.75 Å². The van der Waals surface area contributed by atoms with Crippen molar-refractivity contribution in [3.8, 4) is 0 Å². The summed E-state index contributed by atoms with van der Waals surface area (Å²) < 4.78 is 0. The fourth-order valence-corrected chi connectivity index (χ4v) is 2.14. The van der Waals surface area contributed by atoms with Crippen LogP contribution in [0.5, 0.6) is 0 Å². The molecule has 90 valence electrons. The number of anilines is 1. The van der Waals surface area contributed by atoms with Crippen molar-refractivity contribution in [2.45, 2.75) is 24.7 Å². The summed E-state index contributed by atoms with van der Waals surface area (Å²) in [6.45, 7) is 2.21. The Morgan fingerprint density at radius 2 is 2.06 bits per heavy atom. The average molecular weight is 304 g/mol. The van der Waals surface area contributed by atoms with Gasteiger partial charge in [-0.05, 0) is 30.9 Å². The van der Waals surface area contributed by atoms with Crippen molar-refractivity contribution in [1.29, 1.82) is 0 Å². The van der Waals surface area contributed by atoms with Crippen LogP contribution in [-0.4, -0.2) is 35.1 Å². The van der Waals surface area contributed by atoms with Crippen LogP contribution in [-0.2, 0) is 5.33 Å². The van der Waals surface area contributed by atoms with Crippen LogP contribution in [0.15, 0.2) is 12.4 Å². The van der Waals surface area contributed by atoms with Gasteiger partial charge in [-0.15, -0.1) is 0 Å². The van der Waals surface area contributed by atoms with Crippen LogP contribution in [0.4, 0.5) is 5.95 Å². The standard InChI is InChI=1S/C11H18BrN3S/c1-9(4-5-16-3)15(2)11-13-7-10(6-12)8-14-11/h7-9H,4-6H2,1-3H3. The Morgan fingerprint density at radius 3 is 2.56 bits per heavy atom. The summed E-state index contributed by atoms with van der Waals surface area (Å²) in [6.07, 6.45) is 7.03. The zero-order valence-electron chi connectivity index (χ0n) is 9.98. The van der Waals surface area contributed by atoms with Crippen LogP contribution in [0.2, 0.25) is 0 Å². The molecule has 3 nitrogen and oxygen atoms in total. The van der Waals surface area contributed by atoms with Crippen LogP contribution in [0.3, 0.4) is 0 Å². The third-order valence-electron chi connectivity index (χ3n) is 2.56. The summed E-state index contributed by atoms with van der Waals surface area (Å²) in [4.78, 5) is 10.8. The number of hydrogen-bond donors (Lipinski definition) is 0. The summed E-state index contributed by atoms with van der Waals surface area (Å²) in [5.74, 6) is 1.98. The second kappa shape index (κ2) is 7.12. The molecule has 0 spiro atoms. The Morgan fingerprint density at radius 1 is 1.44 bits per heavy atom. The fraction of sp³-hybridized carbons (Fsp3) is 0.636. The lowest BCUT2D eigenvalue weighted by Crippen LogP contribution is -2.30. The highest BCUT2D eigenvalue weighted by atomic mass is 79.9. The van der Waals surface area contributed by atoms with Gasteiger partial charge in [0.2, 0.25) is 5.95 Å². The fourth-order valence-electron chi connectivity index (χ4n) is 1.28. The lowest BCUT2D eigenvalue weighted by Gasteiger charge is -2.24. The van der Waals surface area contributed by atoms with Gasteiger partial charge in [0.15, 0.2) is 0 Å². The predicted octanol–water partition coefficient (Wildman–Crippen LogP) is 2.95. The molecule has 0 bridgehead atoms. The Kier molecular flexibility index (Phi) is 6.13. The van der Waals surface area contributed by atoms with E-state index in [-0.39, 0.29) is 0 Å². The zero-order chi connectivity index (χ0) is 12.0. The first-order chi connectivity index (χ1) is 7.69. The van der Waals surface area contributed by atoms with Crippen molar-refractivity contribution in [2.75, 3.05) is 24.0 Å². The van der Waals surface area contributed by atoms with Crippen LogP contribution in [0.25, 0.3) is 0 Å². The van der Waals surface area contributed by atoms with E-state index >= 15 is 0 Å². The summed E-state index contributed by atoms with van der Waals surface area (Å²) in [5.41, 5.74) is 1.11. The van der Waals surface area contributed by atoms with Gasteiger partial charge >= 0.3 is 0 Å².